The fourth-order valence-electron chi connectivity index (χ4n) is 7.43. The minimum absolute atomic E-state index is 0. The minimum atomic E-state index is 0. The van der Waals surface area contributed by atoms with Crippen LogP contribution in [-0.4, -0.2) is 24.5 Å². The Labute approximate surface area is 385 Å². The summed E-state index contributed by atoms with van der Waals surface area (Å²) in [6.45, 7) is 9.03. The Bertz CT molecular complexity index is 2730. The molecule has 0 aliphatic carbocycles. The van der Waals surface area contributed by atoms with Gasteiger partial charge in [-0.25, -0.2) is 9.97 Å². The Morgan fingerprint density at radius 3 is 1.41 bits per heavy atom. The molecular weight excluding hydrogens is 1120 g/mol. The summed E-state index contributed by atoms with van der Waals surface area (Å²) in [7, 11) is 0. The van der Waals surface area contributed by atoms with Crippen molar-refractivity contribution in [3.05, 3.63) is 175 Å². The molecule has 9 aromatic rings. The summed E-state index contributed by atoms with van der Waals surface area (Å²) in [5, 5.41) is 1.88. The molecular formula is C52H41N5O2Pt2. The van der Waals surface area contributed by atoms with Crippen molar-refractivity contribution < 1.29 is 51.6 Å². The van der Waals surface area contributed by atoms with Gasteiger partial charge in [-0.2, -0.15) is 22.9 Å². The van der Waals surface area contributed by atoms with Crippen LogP contribution < -0.4 is 9.47 Å². The van der Waals surface area contributed by atoms with Crippen LogP contribution in [0.25, 0.3) is 61.4 Å². The molecule has 0 bridgehead atoms. The number of benzene rings is 5. The summed E-state index contributed by atoms with van der Waals surface area (Å²) < 4.78 is 14.8. The molecule has 61 heavy (non-hydrogen) atoms. The monoisotopic (exact) mass is 1160 g/mol. The number of rotatable bonds is 12. The molecule has 0 atom stereocenters. The van der Waals surface area contributed by atoms with Crippen molar-refractivity contribution in [2.45, 2.75) is 40.5 Å². The van der Waals surface area contributed by atoms with Gasteiger partial charge in [-0.3, -0.25) is 0 Å². The van der Waals surface area contributed by atoms with Crippen LogP contribution >= 0.6 is 0 Å². The molecule has 0 spiro atoms. The van der Waals surface area contributed by atoms with Gasteiger partial charge in [0.15, 0.2) is 0 Å². The van der Waals surface area contributed by atoms with Gasteiger partial charge in [0.05, 0.1) is 0 Å². The van der Waals surface area contributed by atoms with E-state index in [0.29, 0.717) is 40.8 Å². The Morgan fingerprint density at radius 2 is 0.967 bits per heavy atom. The predicted octanol–water partition coefficient (Wildman–Crippen LogP) is 12.5. The standard InChI is InChI=1S/C52H41N5O2.2Pt/c1-34(2)23-36-25-37(24-35(3)4)27-40(26-36)41-32-55-52(56-33-41)57-50-30-44(58-42-13-9-11-38(28-42)48-15-5-7-21-53-48)17-19-46(50)47-20-18-45(31-51(47)57)59-43-14-10-12-39(29-43)49-16-6-8-22-54-49;;/h5-22,25-27,32-35H,23-24H2,1-4H3;;/q-4;2*+2. The van der Waals surface area contributed by atoms with E-state index < -0.39 is 0 Å². The summed E-state index contributed by atoms with van der Waals surface area (Å²) in [6.07, 6.45) is 9.37. The maximum absolute atomic E-state index is 6.40. The Hall–Kier alpha value is -5.74. The second-order valence-electron chi connectivity index (χ2n) is 15.5. The van der Waals surface area contributed by atoms with E-state index in [1.807, 2.05) is 114 Å². The molecule has 0 aliphatic rings. The molecule has 9 heteroatoms. The molecule has 0 fully saturated rings. The summed E-state index contributed by atoms with van der Waals surface area (Å²) in [4.78, 5) is 19.0. The number of hydrogen-bond acceptors (Lipinski definition) is 6. The maximum atomic E-state index is 6.40. The average Bonchev–Trinajstić information content (AvgIpc) is 3.56. The quantitative estimate of drug-likeness (QED) is 0.114. The number of aromatic nitrogens is 5. The maximum Gasteiger partial charge on any atom is 2.00 e. The number of fused-ring (bicyclic) bond motifs is 3. The summed E-state index contributed by atoms with van der Waals surface area (Å²) in [5.74, 6) is 3.71. The smallest absolute Gasteiger partial charge is 0.503 e. The van der Waals surface area contributed by atoms with Crippen LogP contribution in [-0.2, 0) is 55.0 Å². The first-order valence-corrected chi connectivity index (χ1v) is 19.9. The van der Waals surface area contributed by atoms with E-state index in [0.717, 1.165) is 68.3 Å². The fraction of sp³-hybridized carbons (Fsp3) is 0.154. The van der Waals surface area contributed by atoms with E-state index in [9.17, 15) is 0 Å². The van der Waals surface area contributed by atoms with Crippen LogP contribution in [0.3, 0.4) is 0 Å². The van der Waals surface area contributed by atoms with Gasteiger partial charge in [0.1, 0.15) is 0 Å². The van der Waals surface area contributed by atoms with Crippen molar-refractivity contribution in [2.24, 2.45) is 11.8 Å². The number of ether oxygens (including phenoxy) is 2. The number of hydrogen-bond donors (Lipinski definition) is 0. The normalized spacial score (nSPS) is 11.1. The number of nitrogens with zero attached hydrogens (tertiary/aromatic N) is 5. The van der Waals surface area contributed by atoms with Crippen LogP contribution in [0.2, 0.25) is 0 Å². The topological polar surface area (TPSA) is 75.0 Å². The van der Waals surface area contributed by atoms with Crippen LogP contribution in [0.5, 0.6) is 23.0 Å². The molecule has 4 heterocycles. The van der Waals surface area contributed by atoms with Gasteiger partial charge >= 0.3 is 42.1 Å². The van der Waals surface area contributed by atoms with Crippen molar-refractivity contribution in [1.29, 1.82) is 0 Å². The van der Waals surface area contributed by atoms with Crippen LogP contribution in [0.4, 0.5) is 0 Å². The fourth-order valence-corrected chi connectivity index (χ4v) is 7.43. The Kier molecular flexibility index (Phi) is 13.7. The van der Waals surface area contributed by atoms with E-state index in [2.05, 4.69) is 80.1 Å². The van der Waals surface area contributed by atoms with Gasteiger partial charge < -0.3 is 24.0 Å². The van der Waals surface area contributed by atoms with Crippen LogP contribution in [0.15, 0.2) is 140 Å². The Balaban J connectivity index is 0.00000281. The zero-order valence-corrected chi connectivity index (χ0v) is 38.6. The first-order chi connectivity index (χ1) is 28.8. The third-order valence-corrected chi connectivity index (χ3v) is 9.90. The second-order valence-corrected chi connectivity index (χ2v) is 15.5. The first-order valence-electron chi connectivity index (χ1n) is 19.9. The number of pyridine rings is 2. The van der Waals surface area contributed by atoms with E-state index in [1.54, 1.807) is 12.4 Å². The zero-order chi connectivity index (χ0) is 40.3. The molecule has 9 rings (SSSR count). The van der Waals surface area contributed by atoms with E-state index in [4.69, 9.17) is 19.4 Å². The van der Waals surface area contributed by atoms with Crippen molar-refractivity contribution in [2.75, 3.05) is 0 Å². The third-order valence-electron chi connectivity index (χ3n) is 9.90. The van der Waals surface area contributed by atoms with Gasteiger partial charge in [-0.15, -0.1) is 71.8 Å². The third kappa shape index (κ3) is 9.91. The van der Waals surface area contributed by atoms with Gasteiger partial charge in [0, 0.05) is 53.3 Å². The molecule has 0 saturated carbocycles. The molecule has 0 amide bonds. The van der Waals surface area contributed by atoms with Crippen molar-refractivity contribution in [1.82, 2.24) is 24.5 Å². The molecule has 0 N–H and O–H groups in total. The van der Waals surface area contributed by atoms with Gasteiger partial charge in [0.2, 0.25) is 5.95 Å². The summed E-state index contributed by atoms with van der Waals surface area (Å²) in [5.41, 5.74) is 9.51. The second kappa shape index (κ2) is 19.3. The minimum Gasteiger partial charge on any atom is -0.503 e. The van der Waals surface area contributed by atoms with Crippen molar-refractivity contribution in [3.8, 4) is 62.6 Å². The molecule has 0 aliphatic heterocycles. The largest absolute Gasteiger partial charge is 2.00 e. The van der Waals surface area contributed by atoms with Gasteiger partial charge in [-0.1, -0.05) is 93.3 Å². The zero-order valence-electron chi connectivity index (χ0n) is 34.0. The molecule has 0 unspecified atom stereocenters. The molecule has 5 aromatic carbocycles. The molecule has 306 valence electrons. The Morgan fingerprint density at radius 1 is 0.492 bits per heavy atom. The van der Waals surface area contributed by atoms with Gasteiger partial charge in [-0.05, 0) is 64.9 Å². The van der Waals surface area contributed by atoms with E-state index >= 15 is 0 Å². The van der Waals surface area contributed by atoms with Gasteiger partial charge in [0.25, 0.3) is 0 Å². The summed E-state index contributed by atoms with van der Waals surface area (Å²) in [6, 6.07) is 51.7. The SMILES string of the molecule is CC(C)Cc1cc(CC(C)C)cc(-c2cnc(-n3c4[c-]c(Oc5[c-]c(-c6ccccn6)ccc5)ccc4c4ccc(Oc5[c-]c(-c6ccccn6)ccc5)[c-]c43)nc2)c1.[Pt+2].[Pt+2]. The average molecular weight is 1160 g/mol. The van der Waals surface area contributed by atoms with Crippen molar-refractivity contribution >= 4 is 21.8 Å². The molecule has 4 aromatic heterocycles. The van der Waals surface area contributed by atoms with E-state index in [-0.39, 0.29) is 42.1 Å². The summed E-state index contributed by atoms with van der Waals surface area (Å²) >= 11 is 0. The molecule has 0 radical (unpaired) electrons. The van der Waals surface area contributed by atoms with Crippen LogP contribution in [0, 0.1) is 36.1 Å². The molecule has 0 saturated heterocycles. The van der Waals surface area contributed by atoms with Crippen molar-refractivity contribution in [3.63, 3.8) is 0 Å². The first kappa shape index (κ1) is 43.3. The predicted molar refractivity (Wildman–Crippen MR) is 234 cm³/mol. The van der Waals surface area contributed by atoms with Crippen LogP contribution in [0.1, 0.15) is 38.8 Å². The van der Waals surface area contributed by atoms with E-state index in [1.165, 1.54) is 11.1 Å². The molecule has 7 nitrogen and oxygen atoms in total.